The zero-order valence-electron chi connectivity index (χ0n) is 9.35. The van der Waals surface area contributed by atoms with E-state index in [0.717, 1.165) is 39.3 Å². The smallest absolute Gasteiger partial charge is 0.209 e. The predicted octanol–water partition coefficient (Wildman–Crippen LogP) is -0.697. The maximum absolute atomic E-state index is 10.7. The summed E-state index contributed by atoms with van der Waals surface area (Å²) in [4.78, 5) is 4.70. The van der Waals surface area contributed by atoms with Crippen LogP contribution >= 0.6 is 0 Å². The summed E-state index contributed by atoms with van der Waals surface area (Å²) in [6.45, 7) is 8.37. The Bertz CT molecular complexity index is 271. The van der Waals surface area contributed by atoms with Gasteiger partial charge in [0.1, 0.15) is 0 Å². The summed E-state index contributed by atoms with van der Waals surface area (Å²) in [5.74, 6) is 0.0982. The quantitative estimate of drug-likeness (QED) is 0.684. The molecule has 90 valence electrons. The van der Waals surface area contributed by atoms with Crippen molar-refractivity contribution in [2.75, 3.05) is 45.0 Å². The Balaban J connectivity index is 2.14. The maximum Gasteiger partial charge on any atom is 0.209 e. The first kappa shape index (κ1) is 12.9. The topological polar surface area (TPSA) is 66.6 Å². The van der Waals surface area contributed by atoms with E-state index in [2.05, 4.69) is 16.7 Å². The van der Waals surface area contributed by atoms with E-state index in [0.29, 0.717) is 6.42 Å². The largest absolute Gasteiger partial charge is 0.301 e. The molecule has 0 unspecified atom stereocenters. The zero-order valence-corrected chi connectivity index (χ0v) is 10.2. The van der Waals surface area contributed by atoms with Crippen molar-refractivity contribution in [1.29, 1.82) is 0 Å². The van der Waals surface area contributed by atoms with Gasteiger partial charge < -0.3 is 9.80 Å². The summed E-state index contributed by atoms with van der Waals surface area (Å²) < 4.78 is 21.4. The second-order valence-electron chi connectivity index (χ2n) is 4.00. The zero-order chi connectivity index (χ0) is 11.3. The fourth-order valence-electron chi connectivity index (χ4n) is 1.82. The van der Waals surface area contributed by atoms with Crippen molar-refractivity contribution in [3.63, 3.8) is 0 Å². The first-order valence-corrected chi connectivity index (χ1v) is 7.18. The predicted molar refractivity (Wildman–Crippen MR) is 61.1 cm³/mol. The molecule has 1 heterocycles. The summed E-state index contributed by atoms with van der Waals surface area (Å²) in [6, 6.07) is 0. The van der Waals surface area contributed by atoms with Gasteiger partial charge in [0.05, 0.1) is 5.75 Å². The first-order valence-electron chi connectivity index (χ1n) is 5.46. The number of rotatable bonds is 5. The van der Waals surface area contributed by atoms with Gasteiger partial charge in [-0.2, -0.15) is 0 Å². The molecule has 0 saturated carbocycles. The van der Waals surface area contributed by atoms with Crippen molar-refractivity contribution in [1.82, 2.24) is 9.80 Å². The molecule has 0 atom stereocenters. The van der Waals surface area contributed by atoms with Gasteiger partial charge in [0.25, 0.3) is 0 Å². The van der Waals surface area contributed by atoms with Crippen LogP contribution < -0.4 is 5.14 Å². The lowest BCUT2D eigenvalue weighted by molar-refractivity contribution is 0.137. The molecule has 0 aromatic heterocycles. The summed E-state index contributed by atoms with van der Waals surface area (Å²) >= 11 is 0. The molecular formula is C9H21N3O2S. The molecular weight excluding hydrogens is 214 g/mol. The molecule has 0 aromatic carbocycles. The highest BCUT2D eigenvalue weighted by molar-refractivity contribution is 7.89. The molecule has 0 radical (unpaired) electrons. The minimum Gasteiger partial charge on any atom is -0.301 e. The molecule has 15 heavy (non-hydrogen) atoms. The molecule has 0 aliphatic carbocycles. The molecule has 6 heteroatoms. The number of piperazine rings is 1. The number of nitrogens with zero attached hydrogens (tertiary/aromatic N) is 2. The third kappa shape index (κ3) is 5.46. The van der Waals surface area contributed by atoms with Crippen molar-refractivity contribution >= 4 is 10.0 Å². The van der Waals surface area contributed by atoms with Crippen LogP contribution in [0.5, 0.6) is 0 Å². The second-order valence-corrected chi connectivity index (χ2v) is 5.73. The lowest BCUT2D eigenvalue weighted by Gasteiger charge is -2.33. The molecule has 1 aliphatic heterocycles. The molecule has 0 aromatic rings. The van der Waals surface area contributed by atoms with Gasteiger partial charge in [-0.1, -0.05) is 6.92 Å². The Hall–Kier alpha value is -0.170. The van der Waals surface area contributed by atoms with Gasteiger partial charge in [-0.3, -0.25) is 0 Å². The highest BCUT2D eigenvalue weighted by Crippen LogP contribution is 2.02. The van der Waals surface area contributed by atoms with Gasteiger partial charge in [0, 0.05) is 26.2 Å². The van der Waals surface area contributed by atoms with Crippen LogP contribution in [-0.2, 0) is 10.0 Å². The van der Waals surface area contributed by atoms with E-state index in [-0.39, 0.29) is 5.75 Å². The average molecular weight is 235 g/mol. The molecule has 1 fully saturated rings. The Morgan fingerprint density at radius 3 is 2.13 bits per heavy atom. The van der Waals surface area contributed by atoms with Gasteiger partial charge in [0.15, 0.2) is 0 Å². The van der Waals surface area contributed by atoms with E-state index in [1.165, 1.54) is 0 Å². The number of likely N-dealkylation sites (N-methyl/N-ethyl adjacent to an activating group) is 1. The number of primary sulfonamides is 1. The van der Waals surface area contributed by atoms with Gasteiger partial charge in [-0.05, 0) is 19.5 Å². The van der Waals surface area contributed by atoms with Crippen LogP contribution in [0.15, 0.2) is 0 Å². The van der Waals surface area contributed by atoms with Crippen LogP contribution in [0.4, 0.5) is 0 Å². The first-order chi connectivity index (χ1) is 7.01. The molecule has 1 saturated heterocycles. The Kier molecular flexibility index (Phi) is 4.98. The lowest BCUT2D eigenvalue weighted by atomic mass is 10.3. The average Bonchev–Trinajstić information content (AvgIpc) is 2.17. The third-order valence-electron chi connectivity index (χ3n) is 2.82. The minimum absolute atomic E-state index is 0.0982. The molecule has 5 nitrogen and oxygen atoms in total. The van der Waals surface area contributed by atoms with Crippen molar-refractivity contribution in [3.05, 3.63) is 0 Å². The van der Waals surface area contributed by atoms with Gasteiger partial charge in [0.2, 0.25) is 10.0 Å². The van der Waals surface area contributed by atoms with Gasteiger partial charge in [-0.25, -0.2) is 13.6 Å². The summed E-state index contributed by atoms with van der Waals surface area (Å²) in [7, 11) is -3.28. The number of sulfonamides is 1. The molecule has 2 N–H and O–H groups in total. The van der Waals surface area contributed by atoms with E-state index in [4.69, 9.17) is 5.14 Å². The standard InChI is InChI=1S/C9H21N3O2S/c1-2-11-5-7-12(8-6-11)4-3-9-15(10,13)14/h2-9H2,1H3,(H2,10,13,14). The fraction of sp³-hybridized carbons (Fsp3) is 1.00. The van der Waals surface area contributed by atoms with E-state index in [1.54, 1.807) is 0 Å². The van der Waals surface area contributed by atoms with Crippen LogP contribution in [0.25, 0.3) is 0 Å². The lowest BCUT2D eigenvalue weighted by Crippen LogP contribution is -2.46. The highest BCUT2D eigenvalue weighted by atomic mass is 32.2. The Labute approximate surface area is 92.3 Å². The number of hydrogen-bond acceptors (Lipinski definition) is 4. The van der Waals surface area contributed by atoms with E-state index in [1.807, 2.05) is 0 Å². The Morgan fingerprint density at radius 1 is 1.13 bits per heavy atom. The SMILES string of the molecule is CCN1CCN(CCCS(N)(=O)=O)CC1. The van der Waals surface area contributed by atoms with Crippen molar-refractivity contribution in [2.24, 2.45) is 5.14 Å². The van der Waals surface area contributed by atoms with Crippen LogP contribution in [-0.4, -0.2) is 63.2 Å². The van der Waals surface area contributed by atoms with Crippen molar-refractivity contribution in [2.45, 2.75) is 13.3 Å². The second kappa shape index (κ2) is 5.79. The molecule has 1 rings (SSSR count). The monoisotopic (exact) mass is 235 g/mol. The number of hydrogen-bond donors (Lipinski definition) is 1. The molecule has 0 spiro atoms. The van der Waals surface area contributed by atoms with Gasteiger partial charge in [-0.15, -0.1) is 0 Å². The highest BCUT2D eigenvalue weighted by Gasteiger charge is 2.15. The third-order valence-corrected chi connectivity index (χ3v) is 3.67. The van der Waals surface area contributed by atoms with Crippen LogP contribution in [0.1, 0.15) is 13.3 Å². The fourth-order valence-corrected chi connectivity index (χ4v) is 2.35. The van der Waals surface area contributed by atoms with E-state index in [9.17, 15) is 8.42 Å². The number of nitrogens with two attached hydrogens (primary N) is 1. The van der Waals surface area contributed by atoms with E-state index >= 15 is 0 Å². The summed E-state index contributed by atoms with van der Waals surface area (Å²) in [5.41, 5.74) is 0. The van der Waals surface area contributed by atoms with Crippen molar-refractivity contribution in [3.8, 4) is 0 Å². The molecule has 0 amide bonds. The Morgan fingerprint density at radius 2 is 1.67 bits per heavy atom. The van der Waals surface area contributed by atoms with Gasteiger partial charge >= 0.3 is 0 Å². The summed E-state index contributed by atoms with van der Waals surface area (Å²) in [5, 5.41) is 4.94. The normalized spacial score (nSPS) is 20.7. The van der Waals surface area contributed by atoms with Crippen LogP contribution in [0, 0.1) is 0 Å². The summed E-state index contributed by atoms with van der Waals surface area (Å²) in [6.07, 6.45) is 0.644. The van der Waals surface area contributed by atoms with Crippen LogP contribution in [0.3, 0.4) is 0 Å². The minimum atomic E-state index is -3.28. The maximum atomic E-state index is 10.7. The van der Waals surface area contributed by atoms with E-state index < -0.39 is 10.0 Å². The van der Waals surface area contributed by atoms with Crippen molar-refractivity contribution < 1.29 is 8.42 Å². The van der Waals surface area contributed by atoms with Crippen LogP contribution in [0.2, 0.25) is 0 Å². The molecule has 0 bridgehead atoms. The molecule has 1 aliphatic rings.